The molecule has 0 aliphatic heterocycles. The molecule has 0 saturated heterocycles. The first-order valence-corrected chi connectivity index (χ1v) is 12.4. The van der Waals surface area contributed by atoms with E-state index < -0.39 is 10.4 Å². The minimum absolute atomic E-state index is 0.518. The highest BCUT2D eigenvalue weighted by Crippen LogP contribution is 2.61. The summed E-state index contributed by atoms with van der Waals surface area (Å²) in [7, 11) is -0.518. The van der Waals surface area contributed by atoms with Crippen molar-refractivity contribution in [3.63, 3.8) is 0 Å². The van der Waals surface area contributed by atoms with Gasteiger partial charge >= 0.3 is 0 Å². The first-order valence-electron chi connectivity index (χ1n) is 1.26. The fourth-order valence-corrected chi connectivity index (χ4v) is 0. The molecule has 0 aromatic rings. The Kier molecular flexibility index (Phi) is 5.06. The number of rotatable bonds is 1. The lowest BCUT2D eigenvalue weighted by atomic mass is 12.0. The van der Waals surface area contributed by atoms with Crippen LogP contribution in [0.15, 0.2) is 0 Å². The van der Waals surface area contributed by atoms with Gasteiger partial charge in [-0.15, -0.1) is 0 Å². The quantitative estimate of drug-likeness (QED) is 0.409. The van der Waals surface area contributed by atoms with Gasteiger partial charge in [-0.3, -0.25) is 0 Å². The Morgan fingerprint density at radius 1 is 1.43 bits per heavy atom. The third kappa shape index (κ3) is 5.07. The van der Waals surface area contributed by atoms with Crippen LogP contribution in [0, 0.1) is 0 Å². The molecule has 46 valence electrons. The van der Waals surface area contributed by atoms with Gasteiger partial charge in [0.25, 0.3) is 0 Å². The van der Waals surface area contributed by atoms with Gasteiger partial charge in [0.1, 0.15) is 0 Å². The summed E-state index contributed by atoms with van der Waals surface area (Å²) in [6, 6.07) is 0. The topological polar surface area (TPSA) is 0 Å². The lowest BCUT2D eigenvalue weighted by molar-refractivity contribution is 2.54. The van der Waals surface area contributed by atoms with Crippen molar-refractivity contribution in [3.8, 4) is 0 Å². The molecule has 0 heterocycles. The van der Waals surface area contributed by atoms with Crippen LogP contribution in [0.5, 0.6) is 0 Å². The summed E-state index contributed by atoms with van der Waals surface area (Å²) in [5.41, 5.74) is 0. The Labute approximate surface area is 79.9 Å². The predicted molar refractivity (Wildman–Crippen MR) is 65.0 cm³/mol. The molecule has 0 fully saturated rings. The summed E-state index contributed by atoms with van der Waals surface area (Å²) < 4.78 is -0.606. The van der Waals surface area contributed by atoms with Gasteiger partial charge < -0.3 is 0 Å². The maximum absolute atomic E-state index is 4.92. The van der Waals surface area contributed by atoms with Gasteiger partial charge in [-0.25, -0.2) is 0 Å². The average Bonchev–Trinajstić information content (AvgIpc) is 1.31. The molecule has 0 amide bonds. The zero-order valence-corrected chi connectivity index (χ0v) is 11.1. The molecule has 0 unspecified atom stereocenters. The second-order valence-corrected chi connectivity index (χ2v) is 30.1. The molecule has 0 aliphatic rings. The molecule has 0 spiro atoms. The Morgan fingerprint density at radius 3 is 1.57 bits per heavy atom. The average molecular weight is 398 g/mol. The van der Waals surface area contributed by atoms with Crippen molar-refractivity contribution in [1.29, 1.82) is 0 Å². The summed E-state index contributed by atoms with van der Waals surface area (Å²) in [5.74, 6) is 0. The Balaban J connectivity index is 4.08. The molecular formula is CH4I2S4. The van der Waals surface area contributed by atoms with E-state index >= 15 is 0 Å². The largest absolute Gasteiger partial charge is 0.0818 e. The molecule has 6 heteroatoms. The third-order valence-electron chi connectivity index (χ3n) is 0.262. The van der Waals surface area contributed by atoms with Gasteiger partial charge in [0.15, 0.2) is 0 Å². The van der Waals surface area contributed by atoms with Crippen molar-refractivity contribution in [2.75, 3.05) is 6.26 Å². The summed E-state index contributed by atoms with van der Waals surface area (Å²) in [6.45, 7) is 0. The van der Waals surface area contributed by atoms with E-state index in [0.717, 1.165) is 0 Å². The normalized spacial score (nSPS) is 14.9. The highest BCUT2D eigenvalue weighted by atomic mass is 127. The van der Waals surface area contributed by atoms with Crippen molar-refractivity contribution in [2.45, 2.75) is 0 Å². The summed E-state index contributed by atoms with van der Waals surface area (Å²) in [5, 5.41) is 0. The second-order valence-electron chi connectivity index (χ2n) is 0.911. The number of hydrogen-bond donors (Lipinski definition) is 1. The zero-order chi connectivity index (χ0) is 6.08. The SMILES string of the molecule is CS(I)(I)[SH](=S)=S. The first kappa shape index (κ1) is 9.60. The lowest BCUT2D eigenvalue weighted by Crippen LogP contribution is -1.70. The van der Waals surface area contributed by atoms with Gasteiger partial charge in [0.05, 0.1) is 0 Å². The van der Waals surface area contributed by atoms with Crippen molar-refractivity contribution in [2.24, 2.45) is 0 Å². The van der Waals surface area contributed by atoms with E-state index in [4.69, 9.17) is 22.4 Å². The summed E-state index contributed by atoms with van der Waals surface area (Å²) in [6.07, 6.45) is 2.14. The maximum Gasteiger partial charge on any atom is -0.00447 e. The molecule has 0 rings (SSSR count). The molecule has 0 aromatic carbocycles. The van der Waals surface area contributed by atoms with Crippen LogP contribution < -0.4 is 0 Å². The van der Waals surface area contributed by atoms with Gasteiger partial charge in [0.2, 0.25) is 0 Å². The predicted octanol–water partition coefficient (Wildman–Crippen LogP) is 2.31. The van der Waals surface area contributed by atoms with Crippen LogP contribution in [0.25, 0.3) is 0 Å². The number of hydrogen-bond acceptors (Lipinski definition) is 2. The molecule has 0 aliphatic carbocycles. The fraction of sp³-hybridized carbons (Fsp3) is 1.00. The van der Waals surface area contributed by atoms with Crippen LogP contribution in [0.2, 0.25) is 0 Å². The smallest absolute Gasteiger partial charge is 0.00447 e. The minimum atomic E-state index is -0.606. The van der Waals surface area contributed by atoms with Gasteiger partial charge in [-0.1, -0.05) is 10.4 Å². The van der Waals surface area contributed by atoms with E-state index in [1.165, 1.54) is 0 Å². The third-order valence-corrected chi connectivity index (χ3v) is 24.4. The van der Waals surface area contributed by atoms with E-state index in [1.54, 1.807) is 0 Å². The monoisotopic (exact) mass is 398 g/mol. The lowest BCUT2D eigenvalue weighted by Gasteiger charge is -2.12. The van der Waals surface area contributed by atoms with Gasteiger partial charge in [-0.05, 0) is 71.0 Å². The number of thiol groups is 1. The van der Waals surface area contributed by atoms with E-state index in [1.807, 2.05) is 0 Å². The molecule has 0 aromatic heterocycles. The summed E-state index contributed by atoms with van der Waals surface area (Å²) in [4.78, 5) is 0. The highest BCUT2D eigenvalue weighted by molar-refractivity contribution is 14.3. The molecule has 0 saturated carbocycles. The molecule has 7 heavy (non-hydrogen) atoms. The van der Waals surface area contributed by atoms with E-state index in [0.29, 0.717) is 0 Å². The molecule has 0 radical (unpaired) electrons. The van der Waals surface area contributed by atoms with Crippen molar-refractivity contribution >= 4 is 75.2 Å². The van der Waals surface area contributed by atoms with Gasteiger partial charge in [-0.2, -0.15) is 0 Å². The van der Waals surface area contributed by atoms with Crippen LogP contribution in [0.3, 0.4) is 0 Å². The van der Waals surface area contributed by atoms with Crippen LogP contribution in [-0.4, -0.2) is 6.26 Å². The first-order chi connectivity index (χ1) is 2.94. The zero-order valence-electron chi connectivity index (χ0n) is 3.43. The Morgan fingerprint density at radius 2 is 1.57 bits per heavy atom. The molecule has 0 N–H and O–H groups in total. The van der Waals surface area contributed by atoms with Crippen LogP contribution in [0.4, 0.5) is 0 Å². The van der Waals surface area contributed by atoms with Gasteiger partial charge in [0, 0.05) is 0 Å². The molecular weight excluding hydrogens is 394 g/mol. The standard InChI is InChI=1S/CH4I2S4/c1-7(2,3)6(4)5/h6H,1H3. The Bertz CT molecular complexity index is 110. The fourth-order valence-electron chi connectivity index (χ4n) is 0. The molecule has 0 bridgehead atoms. The van der Waals surface area contributed by atoms with Crippen LogP contribution >= 0.6 is 45.8 Å². The van der Waals surface area contributed by atoms with Crippen molar-refractivity contribution in [1.82, 2.24) is 0 Å². The Hall–Kier alpha value is 2.60. The van der Waals surface area contributed by atoms with E-state index in [-0.39, 0.29) is 0 Å². The van der Waals surface area contributed by atoms with Crippen LogP contribution in [0.1, 0.15) is 0 Å². The molecule has 0 atom stereocenters. The van der Waals surface area contributed by atoms with E-state index in [9.17, 15) is 0 Å². The van der Waals surface area contributed by atoms with E-state index in [2.05, 4.69) is 48.7 Å². The number of halogens is 2. The van der Waals surface area contributed by atoms with Crippen LogP contribution in [-0.2, 0) is 29.4 Å². The second kappa shape index (κ2) is 3.69. The summed E-state index contributed by atoms with van der Waals surface area (Å²) >= 11 is 14.5. The minimum Gasteiger partial charge on any atom is -0.0818 e. The van der Waals surface area contributed by atoms with Crippen molar-refractivity contribution < 1.29 is 0 Å². The maximum atomic E-state index is 4.92. The molecule has 0 nitrogen and oxygen atoms in total. The highest BCUT2D eigenvalue weighted by Gasteiger charge is 2.03. The van der Waals surface area contributed by atoms with Crippen molar-refractivity contribution in [3.05, 3.63) is 0 Å².